The van der Waals surface area contributed by atoms with Crippen molar-refractivity contribution in [3.05, 3.63) is 34.9 Å². The maximum absolute atomic E-state index is 11.7. The highest BCUT2D eigenvalue weighted by atomic mass is 16.4. The van der Waals surface area contributed by atoms with E-state index in [1.54, 1.807) is 26.0 Å². The standard InChI is InChI=1S/C18H22O4/c1-6-7-15(16(20)21)12(2)8-9-18(22)13(3)10-14(19)11-17(18,4)5/h1,8-10,22H,7,11H2,2-5H3,(H,20,21)/b9-8?,15-12-/t18-/m1/s1. The van der Waals surface area contributed by atoms with Crippen molar-refractivity contribution in [1.29, 1.82) is 0 Å². The number of carbonyl (C=O) groups excluding carboxylic acids is 1. The fourth-order valence-corrected chi connectivity index (χ4v) is 2.70. The van der Waals surface area contributed by atoms with Crippen LogP contribution in [0.3, 0.4) is 0 Å². The summed E-state index contributed by atoms with van der Waals surface area (Å²) in [6.07, 6.45) is 9.98. The lowest BCUT2D eigenvalue weighted by molar-refractivity contribution is -0.132. The molecule has 22 heavy (non-hydrogen) atoms. The van der Waals surface area contributed by atoms with Crippen molar-refractivity contribution in [3.63, 3.8) is 0 Å². The highest BCUT2D eigenvalue weighted by Gasteiger charge is 2.46. The van der Waals surface area contributed by atoms with Crippen molar-refractivity contribution in [2.75, 3.05) is 0 Å². The largest absolute Gasteiger partial charge is 0.478 e. The highest BCUT2D eigenvalue weighted by Crippen LogP contribution is 2.44. The van der Waals surface area contributed by atoms with Gasteiger partial charge >= 0.3 is 5.97 Å². The Morgan fingerprint density at radius 1 is 1.50 bits per heavy atom. The molecular formula is C18H22O4. The zero-order chi connectivity index (χ0) is 17.1. The fourth-order valence-electron chi connectivity index (χ4n) is 2.70. The molecule has 1 rings (SSSR count). The second-order valence-electron chi connectivity index (χ2n) is 6.30. The lowest BCUT2D eigenvalue weighted by atomic mass is 9.64. The first-order valence-electron chi connectivity index (χ1n) is 7.05. The van der Waals surface area contributed by atoms with Gasteiger partial charge in [-0.2, -0.15) is 0 Å². The number of ketones is 1. The number of hydrogen-bond donors (Lipinski definition) is 2. The summed E-state index contributed by atoms with van der Waals surface area (Å²) in [5.74, 6) is 1.22. The quantitative estimate of drug-likeness (QED) is 0.475. The molecule has 1 aliphatic carbocycles. The van der Waals surface area contributed by atoms with Gasteiger partial charge in [0.2, 0.25) is 0 Å². The van der Waals surface area contributed by atoms with Gasteiger partial charge in [-0.15, -0.1) is 12.3 Å². The topological polar surface area (TPSA) is 74.6 Å². The van der Waals surface area contributed by atoms with Crippen LogP contribution in [0.1, 0.15) is 40.5 Å². The molecule has 0 radical (unpaired) electrons. The summed E-state index contributed by atoms with van der Waals surface area (Å²) >= 11 is 0. The number of rotatable bonds is 4. The molecule has 0 heterocycles. The average Bonchev–Trinajstić information content (AvgIpc) is 2.38. The fraction of sp³-hybridized carbons (Fsp3) is 0.444. The highest BCUT2D eigenvalue weighted by molar-refractivity contribution is 5.93. The Morgan fingerprint density at radius 2 is 2.09 bits per heavy atom. The number of carboxylic acid groups (broad SMARTS) is 1. The zero-order valence-electron chi connectivity index (χ0n) is 13.4. The van der Waals surface area contributed by atoms with E-state index in [0.717, 1.165) is 0 Å². The van der Waals surface area contributed by atoms with Crippen molar-refractivity contribution in [1.82, 2.24) is 0 Å². The predicted octanol–water partition coefficient (Wildman–Crippen LogP) is 2.64. The molecule has 0 aromatic heterocycles. The Bertz CT molecular complexity index is 626. The van der Waals surface area contributed by atoms with Gasteiger partial charge in [-0.1, -0.05) is 19.9 Å². The molecule has 1 aliphatic rings. The van der Waals surface area contributed by atoms with Crippen LogP contribution in [0.2, 0.25) is 0 Å². The minimum atomic E-state index is -1.30. The van der Waals surface area contributed by atoms with E-state index < -0.39 is 17.0 Å². The summed E-state index contributed by atoms with van der Waals surface area (Å²) in [5.41, 5.74) is -0.823. The Hall–Kier alpha value is -2.12. The first-order valence-corrected chi connectivity index (χ1v) is 7.05. The molecule has 0 saturated heterocycles. The number of allylic oxidation sites excluding steroid dienone is 3. The summed E-state index contributed by atoms with van der Waals surface area (Å²) in [6, 6.07) is 0. The Morgan fingerprint density at radius 3 is 2.55 bits per heavy atom. The molecule has 4 heteroatoms. The molecule has 0 amide bonds. The maximum atomic E-state index is 11.7. The van der Waals surface area contributed by atoms with E-state index in [4.69, 9.17) is 11.5 Å². The monoisotopic (exact) mass is 302 g/mol. The van der Waals surface area contributed by atoms with Crippen LogP contribution < -0.4 is 0 Å². The SMILES string of the molecule is C#CC/C(C(=O)O)=C(\C)C=C[C@@]1(O)C(C)=CC(=O)CC1(C)C. The molecule has 0 unspecified atom stereocenters. The van der Waals surface area contributed by atoms with Gasteiger partial charge in [-0.25, -0.2) is 4.79 Å². The van der Waals surface area contributed by atoms with Gasteiger partial charge < -0.3 is 10.2 Å². The van der Waals surface area contributed by atoms with E-state index in [1.165, 1.54) is 6.08 Å². The molecule has 0 saturated carbocycles. The van der Waals surface area contributed by atoms with Crippen molar-refractivity contribution < 1.29 is 19.8 Å². The third-order valence-corrected chi connectivity index (χ3v) is 4.21. The van der Waals surface area contributed by atoms with Crippen LogP contribution >= 0.6 is 0 Å². The molecule has 0 aliphatic heterocycles. The van der Waals surface area contributed by atoms with E-state index in [-0.39, 0.29) is 24.2 Å². The van der Waals surface area contributed by atoms with Gasteiger partial charge in [-0.05, 0) is 37.1 Å². The number of aliphatic carboxylic acids is 1. The van der Waals surface area contributed by atoms with E-state index in [9.17, 15) is 14.7 Å². The van der Waals surface area contributed by atoms with Crippen molar-refractivity contribution in [3.8, 4) is 12.3 Å². The number of carbonyl (C=O) groups is 2. The molecule has 0 bridgehead atoms. The third-order valence-electron chi connectivity index (χ3n) is 4.21. The van der Waals surface area contributed by atoms with Gasteiger partial charge in [0.15, 0.2) is 5.78 Å². The van der Waals surface area contributed by atoms with Crippen LogP contribution in [0.5, 0.6) is 0 Å². The Kier molecular flexibility index (Phi) is 5.16. The van der Waals surface area contributed by atoms with Crippen LogP contribution in [0.4, 0.5) is 0 Å². The zero-order valence-corrected chi connectivity index (χ0v) is 13.4. The summed E-state index contributed by atoms with van der Waals surface area (Å²) < 4.78 is 0. The van der Waals surface area contributed by atoms with E-state index in [2.05, 4.69) is 5.92 Å². The first-order chi connectivity index (χ1) is 10.0. The average molecular weight is 302 g/mol. The van der Waals surface area contributed by atoms with Crippen molar-refractivity contribution in [2.45, 2.75) is 46.1 Å². The van der Waals surface area contributed by atoms with E-state index >= 15 is 0 Å². The van der Waals surface area contributed by atoms with Crippen molar-refractivity contribution >= 4 is 11.8 Å². The molecule has 118 valence electrons. The van der Waals surface area contributed by atoms with Crippen LogP contribution in [0.25, 0.3) is 0 Å². The summed E-state index contributed by atoms with van der Waals surface area (Å²) in [5, 5.41) is 20.1. The van der Waals surface area contributed by atoms with Gasteiger partial charge in [0.25, 0.3) is 0 Å². The molecule has 0 fully saturated rings. The van der Waals surface area contributed by atoms with E-state index in [1.807, 2.05) is 13.8 Å². The summed E-state index contributed by atoms with van der Waals surface area (Å²) in [4.78, 5) is 22.9. The maximum Gasteiger partial charge on any atom is 0.332 e. The molecule has 0 aromatic carbocycles. The molecule has 0 spiro atoms. The van der Waals surface area contributed by atoms with Crippen molar-refractivity contribution in [2.24, 2.45) is 5.41 Å². The number of terminal acetylenes is 1. The molecule has 1 atom stereocenters. The molecule has 0 aromatic rings. The normalized spacial score (nSPS) is 25.5. The second kappa shape index (κ2) is 6.33. The lowest BCUT2D eigenvalue weighted by Crippen LogP contribution is -2.48. The van der Waals surface area contributed by atoms with Crippen LogP contribution in [0, 0.1) is 17.8 Å². The smallest absolute Gasteiger partial charge is 0.332 e. The number of carboxylic acids is 1. The predicted molar refractivity (Wildman–Crippen MR) is 85.0 cm³/mol. The lowest BCUT2D eigenvalue weighted by Gasteiger charge is -2.44. The van der Waals surface area contributed by atoms with Gasteiger partial charge in [0.1, 0.15) is 5.60 Å². The van der Waals surface area contributed by atoms with Gasteiger partial charge in [0.05, 0.1) is 5.57 Å². The number of aliphatic hydroxyl groups is 1. The minimum Gasteiger partial charge on any atom is -0.478 e. The van der Waals surface area contributed by atoms with Gasteiger partial charge in [0, 0.05) is 18.3 Å². The van der Waals surface area contributed by atoms with Crippen LogP contribution in [0.15, 0.2) is 34.9 Å². The summed E-state index contributed by atoms with van der Waals surface area (Å²) in [7, 11) is 0. The summed E-state index contributed by atoms with van der Waals surface area (Å²) in [6.45, 7) is 6.96. The minimum absolute atomic E-state index is 0.0145. The second-order valence-corrected chi connectivity index (χ2v) is 6.30. The van der Waals surface area contributed by atoms with E-state index in [0.29, 0.717) is 11.1 Å². The number of hydrogen-bond acceptors (Lipinski definition) is 3. The molecular weight excluding hydrogens is 280 g/mol. The van der Waals surface area contributed by atoms with Gasteiger partial charge in [-0.3, -0.25) is 4.79 Å². The third kappa shape index (κ3) is 3.37. The van der Waals surface area contributed by atoms with Crippen LogP contribution in [-0.4, -0.2) is 27.6 Å². The molecule has 2 N–H and O–H groups in total. The first kappa shape index (κ1) is 17.9. The molecule has 4 nitrogen and oxygen atoms in total. The Labute approximate surface area is 131 Å². The Balaban J connectivity index is 3.28. The van der Waals surface area contributed by atoms with Crippen LogP contribution in [-0.2, 0) is 9.59 Å².